The van der Waals surface area contributed by atoms with Gasteiger partial charge in [0.1, 0.15) is 0 Å². The lowest BCUT2D eigenvalue weighted by Crippen LogP contribution is -1.72. The van der Waals surface area contributed by atoms with Crippen molar-refractivity contribution in [3.8, 4) is 0 Å². The molecule has 0 aliphatic carbocycles. The molecule has 0 heterocycles. The fourth-order valence-corrected chi connectivity index (χ4v) is 1.47. The van der Waals surface area contributed by atoms with E-state index in [1.807, 2.05) is 22.1 Å². The van der Waals surface area contributed by atoms with E-state index in [9.17, 15) is 0 Å². The monoisotopic (exact) mass is 286 g/mol. The molecule has 0 aliphatic heterocycles. The van der Waals surface area contributed by atoms with Crippen molar-refractivity contribution in [2.75, 3.05) is 0 Å². The molecule has 62 valence electrons. The highest BCUT2D eigenvalue weighted by atomic mass is 79.9. The first-order valence-corrected chi connectivity index (χ1v) is 5.33. The van der Waals surface area contributed by atoms with Crippen LogP contribution >= 0.6 is 31.9 Å². The predicted molar refractivity (Wildman–Crippen MR) is 62.4 cm³/mol. The molecule has 0 bridgehead atoms. The maximum atomic E-state index is 3.23. The largest absolute Gasteiger partial charge is 0.0595 e. The zero-order valence-corrected chi connectivity index (χ0v) is 9.55. The number of hydrogen-bond donors (Lipinski definition) is 0. The van der Waals surface area contributed by atoms with Gasteiger partial charge in [0.15, 0.2) is 0 Å². The summed E-state index contributed by atoms with van der Waals surface area (Å²) < 4.78 is 0. The minimum atomic E-state index is 1.19. The van der Waals surface area contributed by atoms with Crippen LogP contribution in [-0.4, -0.2) is 0 Å². The third-order valence-electron chi connectivity index (χ3n) is 1.45. The summed E-state index contributed by atoms with van der Waals surface area (Å²) in [6.45, 7) is 0. The van der Waals surface area contributed by atoms with Gasteiger partial charge in [-0.25, -0.2) is 0 Å². The Morgan fingerprint density at radius 2 is 1.08 bits per heavy atom. The van der Waals surface area contributed by atoms with E-state index in [-0.39, 0.29) is 0 Å². The first-order chi connectivity index (χ1) is 5.86. The molecule has 0 unspecified atom stereocenters. The van der Waals surface area contributed by atoms with Crippen LogP contribution in [0.25, 0.3) is 12.2 Å². The van der Waals surface area contributed by atoms with Crippen molar-refractivity contribution < 1.29 is 0 Å². The molecule has 0 fully saturated rings. The van der Waals surface area contributed by atoms with E-state index in [0.29, 0.717) is 0 Å². The lowest BCUT2D eigenvalue weighted by molar-refractivity contribution is 1.63. The van der Waals surface area contributed by atoms with Crippen LogP contribution in [0, 0.1) is 0 Å². The molecule has 0 saturated carbocycles. The van der Waals surface area contributed by atoms with Crippen LogP contribution in [0.4, 0.5) is 0 Å². The molecule has 0 radical (unpaired) electrons. The standard InChI is InChI=1S/C10H8Br2/c11-7-5-9-1-2-10(4-3-9)6-8-12/h1-8H/b7-5-,8-6-. The molecule has 1 aromatic carbocycles. The molecule has 0 amide bonds. The maximum Gasteiger partial charge on any atom is -0.0183 e. The second-order valence-corrected chi connectivity index (χ2v) is 3.31. The highest BCUT2D eigenvalue weighted by Crippen LogP contribution is 2.09. The highest BCUT2D eigenvalue weighted by Gasteiger charge is 1.86. The van der Waals surface area contributed by atoms with Gasteiger partial charge < -0.3 is 0 Å². The van der Waals surface area contributed by atoms with Crippen molar-refractivity contribution in [2.45, 2.75) is 0 Å². The van der Waals surface area contributed by atoms with E-state index >= 15 is 0 Å². The topological polar surface area (TPSA) is 0 Å². The summed E-state index contributed by atoms with van der Waals surface area (Å²) in [5.74, 6) is 0. The maximum absolute atomic E-state index is 3.23. The first-order valence-electron chi connectivity index (χ1n) is 3.50. The fraction of sp³-hybridized carbons (Fsp3) is 0. The summed E-state index contributed by atoms with van der Waals surface area (Å²) in [6.07, 6.45) is 4.00. The summed E-state index contributed by atoms with van der Waals surface area (Å²) in [4.78, 5) is 3.70. The van der Waals surface area contributed by atoms with E-state index in [0.717, 1.165) is 0 Å². The van der Waals surface area contributed by atoms with Crippen LogP contribution in [0.2, 0.25) is 0 Å². The zero-order chi connectivity index (χ0) is 8.81. The molecule has 1 aromatic rings. The molecular weight excluding hydrogens is 280 g/mol. The van der Waals surface area contributed by atoms with E-state index < -0.39 is 0 Å². The minimum absolute atomic E-state index is 1.19. The molecule has 0 saturated heterocycles. The molecule has 2 heteroatoms. The van der Waals surface area contributed by atoms with Gasteiger partial charge in [0.25, 0.3) is 0 Å². The Morgan fingerprint density at radius 3 is 1.33 bits per heavy atom. The third-order valence-corrected chi connectivity index (χ3v) is 1.98. The van der Waals surface area contributed by atoms with Gasteiger partial charge in [-0.2, -0.15) is 0 Å². The molecule has 0 spiro atoms. The average molecular weight is 288 g/mol. The zero-order valence-electron chi connectivity index (χ0n) is 6.37. The summed E-state index contributed by atoms with van der Waals surface area (Å²) >= 11 is 6.47. The summed E-state index contributed by atoms with van der Waals surface area (Å²) in [5.41, 5.74) is 2.39. The fourth-order valence-electron chi connectivity index (χ4n) is 0.864. The van der Waals surface area contributed by atoms with Crippen LogP contribution in [-0.2, 0) is 0 Å². The smallest absolute Gasteiger partial charge is 0.0183 e. The Bertz CT molecular complexity index is 252. The number of benzene rings is 1. The van der Waals surface area contributed by atoms with Crippen molar-refractivity contribution in [1.29, 1.82) is 0 Å². The van der Waals surface area contributed by atoms with Crippen LogP contribution in [0.5, 0.6) is 0 Å². The normalized spacial score (nSPS) is 11.5. The average Bonchev–Trinajstić information content (AvgIpc) is 2.09. The quantitative estimate of drug-likeness (QED) is 0.755. The summed E-state index contributed by atoms with van der Waals surface area (Å²) in [7, 11) is 0. The van der Waals surface area contributed by atoms with E-state index in [4.69, 9.17) is 0 Å². The van der Waals surface area contributed by atoms with Crippen LogP contribution in [0.1, 0.15) is 11.1 Å². The molecular formula is C10H8Br2. The highest BCUT2D eigenvalue weighted by molar-refractivity contribution is 9.11. The number of halogens is 2. The van der Waals surface area contributed by atoms with Gasteiger partial charge in [-0.1, -0.05) is 56.1 Å². The molecule has 0 aliphatic rings. The van der Waals surface area contributed by atoms with Crippen LogP contribution in [0.15, 0.2) is 34.2 Å². The molecule has 12 heavy (non-hydrogen) atoms. The third kappa shape index (κ3) is 2.95. The Hall–Kier alpha value is -0.340. The van der Waals surface area contributed by atoms with Gasteiger partial charge in [0, 0.05) is 0 Å². The minimum Gasteiger partial charge on any atom is -0.0595 e. The second-order valence-electron chi connectivity index (χ2n) is 2.25. The molecule has 0 N–H and O–H groups in total. The molecule has 0 nitrogen and oxygen atoms in total. The van der Waals surface area contributed by atoms with Crippen molar-refractivity contribution in [1.82, 2.24) is 0 Å². The number of rotatable bonds is 2. The van der Waals surface area contributed by atoms with Gasteiger partial charge >= 0.3 is 0 Å². The van der Waals surface area contributed by atoms with Gasteiger partial charge in [-0.3, -0.25) is 0 Å². The summed E-state index contributed by atoms with van der Waals surface area (Å²) in [5, 5.41) is 0. The SMILES string of the molecule is Br/C=C\c1ccc(/C=C\Br)cc1. The molecule has 0 atom stereocenters. The van der Waals surface area contributed by atoms with Crippen molar-refractivity contribution in [3.05, 3.63) is 45.4 Å². The Labute approximate surface area is 89.2 Å². The Morgan fingerprint density at radius 1 is 0.750 bits per heavy atom. The predicted octanol–water partition coefficient (Wildman–Crippen LogP) is 4.42. The van der Waals surface area contributed by atoms with Gasteiger partial charge in [-0.15, -0.1) is 0 Å². The lowest BCUT2D eigenvalue weighted by atomic mass is 10.1. The van der Waals surface area contributed by atoms with Crippen molar-refractivity contribution in [2.24, 2.45) is 0 Å². The van der Waals surface area contributed by atoms with Gasteiger partial charge in [0.05, 0.1) is 0 Å². The van der Waals surface area contributed by atoms with Crippen molar-refractivity contribution >= 4 is 44.0 Å². The van der Waals surface area contributed by atoms with Gasteiger partial charge in [0.2, 0.25) is 0 Å². The summed E-state index contributed by atoms with van der Waals surface area (Å²) in [6, 6.07) is 8.28. The van der Waals surface area contributed by atoms with Crippen LogP contribution in [0.3, 0.4) is 0 Å². The van der Waals surface area contributed by atoms with E-state index in [1.54, 1.807) is 0 Å². The van der Waals surface area contributed by atoms with Gasteiger partial charge in [-0.05, 0) is 33.2 Å². The van der Waals surface area contributed by atoms with E-state index in [2.05, 4.69) is 56.1 Å². The second kappa shape index (κ2) is 5.33. The lowest BCUT2D eigenvalue weighted by Gasteiger charge is -1.93. The Balaban J connectivity index is 2.85. The van der Waals surface area contributed by atoms with Crippen LogP contribution < -0.4 is 0 Å². The molecule has 1 rings (SSSR count). The first kappa shape index (κ1) is 9.75. The molecule has 0 aromatic heterocycles. The Kier molecular flexibility index (Phi) is 4.33. The van der Waals surface area contributed by atoms with Crippen molar-refractivity contribution in [3.63, 3.8) is 0 Å². The number of hydrogen-bond acceptors (Lipinski definition) is 0. The van der Waals surface area contributed by atoms with E-state index in [1.165, 1.54) is 11.1 Å².